The van der Waals surface area contributed by atoms with E-state index in [9.17, 15) is 9.90 Å². The van der Waals surface area contributed by atoms with Gasteiger partial charge in [0.2, 0.25) is 0 Å². The van der Waals surface area contributed by atoms with Gasteiger partial charge in [-0.1, -0.05) is 41.6 Å². The zero-order chi connectivity index (χ0) is 24.1. The molecule has 0 fully saturated rings. The molecule has 0 aliphatic carbocycles. The molecule has 0 aliphatic rings. The van der Waals surface area contributed by atoms with Crippen LogP contribution in [0.3, 0.4) is 0 Å². The molecule has 0 amide bonds. The van der Waals surface area contributed by atoms with Gasteiger partial charge in [0.15, 0.2) is 16.9 Å². The van der Waals surface area contributed by atoms with Crippen molar-refractivity contribution < 1.29 is 9.63 Å². The maximum Gasteiger partial charge on any atom is 0.284 e. The van der Waals surface area contributed by atoms with Gasteiger partial charge in [-0.05, 0) is 53.9 Å². The molecule has 35 heavy (non-hydrogen) atoms. The summed E-state index contributed by atoms with van der Waals surface area (Å²) in [5, 5.41) is 18.7. The van der Waals surface area contributed by atoms with Crippen molar-refractivity contribution >= 4 is 27.8 Å². The molecule has 6 rings (SSSR count). The van der Waals surface area contributed by atoms with Gasteiger partial charge in [0.1, 0.15) is 11.8 Å². The highest BCUT2D eigenvalue weighted by atomic mass is 16.5. The van der Waals surface area contributed by atoms with Crippen LogP contribution in [0.15, 0.2) is 82.4 Å². The van der Waals surface area contributed by atoms with Gasteiger partial charge < -0.3 is 15.4 Å². The zero-order valence-corrected chi connectivity index (χ0v) is 18.7. The summed E-state index contributed by atoms with van der Waals surface area (Å²) in [5.74, 6) is 0.272. The first-order valence-corrected chi connectivity index (χ1v) is 11.0. The third-order valence-electron chi connectivity index (χ3n) is 6.12. The lowest BCUT2D eigenvalue weighted by Gasteiger charge is -2.10. The number of rotatable bonds is 4. The number of aromatic nitrogens is 5. The Labute approximate surface area is 198 Å². The summed E-state index contributed by atoms with van der Waals surface area (Å²) in [6.45, 7) is 1.77. The number of fused-ring (bicyclic) bond motifs is 2. The topological polar surface area (TPSA) is 125 Å². The van der Waals surface area contributed by atoms with E-state index in [2.05, 4.69) is 15.2 Å². The van der Waals surface area contributed by atoms with E-state index in [-0.39, 0.29) is 18.0 Å². The fourth-order valence-electron chi connectivity index (χ4n) is 4.34. The van der Waals surface area contributed by atoms with Crippen LogP contribution in [-0.4, -0.2) is 29.6 Å². The average molecular weight is 464 g/mol. The summed E-state index contributed by atoms with van der Waals surface area (Å²) in [6, 6.07) is 20.6. The molecule has 0 spiro atoms. The SMILES string of the molecule is Cc1nn(-c2ccc3onc(N)c3c2)c2c(=O)n(-c3ccc(-c4ccccc4CO)cc3)cnc12. The normalized spacial score (nSPS) is 11.5. The van der Waals surface area contributed by atoms with Crippen molar-refractivity contribution in [3.8, 4) is 22.5 Å². The zero-order valence-electron chi connectivity index (χ0n) is 18.7. The predicted molar refractivity (Wildman–Crippen MR) is 133 cm³/mol. The van der Waals surface area contributed by atoms with Crippen LogP contribution in [0, 0.1) is 6.92 Å². The number of nitrogens with zero attached hydrogens (tertiary/aromatic N) is 5. The van der Waals surface area contributed by atoms with E-state index in [0.717, 1.165) is 16.7 Å². The molecule has 172 valence electrons. The van der Waals surface area contributed by atoms with E-state index in [4.69, 9.17) is 10.3 Å². The second-order valence-corrected chi connectivity index (χ2v) is 8.22. The first-order valence-electron chi connectivity index (χ1n) is 11.0. The van der Waals surface area contributed by atoms with E-state index < -0.39 is 0 Å². The van der Waals surface area contributed by atoms with Crippen LogP contribution in [0.5, 0.6) is 0 Å². The van der Waals surface area contributed by atoms with E-state index in [1.807, 2.05) is 55.5 Å². The molecule has 0 bridgehead atoms. The smallest absolute Gasteiger partial charge is 0.284 e. The fraction of sp³-hybridized carbons (Fsp3) is 0.0769. The Kier molecular flexibility index (Phi) is 4.71. The summed E-state index contributed by atoms with van der Waals surface area (Å²) in [7, 11) is 0. The molecule has 0 saturated heterocycles. The number of aliphatic hydroxyl groups excluding tert-OH is 1. The highest BCUT2D eigenvalue weighted by Gasteiger charge is 2.18. The van der Waals surface area contributed by atoms with Gasteiger partial charge in [0.25, 0.3) is 5.56 Å². The minimum Gasteiger partial charge on any atom is -0.392 e. The average Bonchev–Trinajstić information content (AvgIpc) is 3.44. The van der Waals surface area contributed by atoms with Gasteiger partial charge in [-0.2, -0.15) is 5.10 Å². The summed E-state index contributed by atoms with van der Waals surface area (Å²) in [4.78, 5) is 18.2. The Hall–Kier alpha value is -4.76. The minimum absolute atomic E-state index is 0.0480. The summed E-state index contributed by atoms with van der Waals surface area (Å²) in [5.41, 5.74) is 11.8. The first kappa shape index (κ1) is 20.8. The molecule has 9 nitrogen and oxygen atoms in total. The van der Waals surface area contributed by atoms with Crippen molar-refractivity contribution in [3.05, 3.63) is 94.7 Å². The van der Waals surface area contributed by atoms with Gasteiger partial charge >= 0.3 is 0 Å². The number of hydrogen-bond acceptors (Lipinski definition) is 7. The lowest BCUT2D eigenvalue weighted by Crippen LogP contribution is -2.21. The molecular formula is C26H20N6O3. The van der Waals surface area contributed by atoms with Gasteiger partial charge in [-0.15, -0.1) is 0 Å². The molecular weight excluding hydrogens is 444 g/mol. The van der Waals surface area contributed by atoms with Crippen molar-refractivity contribution in [1.82, 2.24) is 24.5 Å². The second-order valence-electron chi connectivity index (χ2n) is 8.22. The molecule has 3 aromatic carbocycles. The molecule has 3 heterocycles. The Bertz CT molecular complexity index is 1780. The lowest BCUT2D eigenvalue weighted by molar-refractivity contribution is 0.282. The van der Waals surface area contributed by atoms with Crippen molar-refractivity contribution in [3.63, 3.8) is 0 Å². The summed E-state index contributed by atoms with van der Waals surface area (Å²) < 4.78 is 8.26. The lowest BCUT2D eigenvalue weighted by atomic mass is 10.00. The number of nitrogen functional groups attached to an aromatic ring is 1. The Morgan fingerprint density at radius 1 is 1.03 bits per heavy atom. The van der Waals surface area contributed by atoms with Gasteiger partial charge in [0, 0.05) is 0 Å². The van der Waals surface area contributed by atoms with Crippen LogP contribution in [0.2, 0.25) is 0 Å². The Morgan fingerprint density at radius 3 is 2.60 bits per heavy atom. The molecule has 6 aromatic rings. The number of aliphatic hydroxyl groups is 1. The van der Waals surface area contributed by atoms with Gasteiger partial charge in [-0.3, -0.25) is 9.36 Å². The third kappa shape index (κ3) is 3.29. The van der Waals surface area contributed by atoms with E-state index >= 15 is 0 Å². The number of aryl methyl sites for hydroxylation is 1. The van der Waals surface area contributed by atoms with Gasteiger partial charge in [0.05, 0.1) is 29.1 Å². The van der Waals surface area contributed by atoms with Crippen LogP contribution >= 0.6 is 0 Å². The molecule has 0 atom stereocenters. The fourth-order valence-corrected chi connectivity index (χ4v) is 4.34. The molecule has 0 unspecified atom stereocenters. The largest absolute Gasteiger partial charge is 0.392 e. The molecule has 0 aliphatic heterocycles. The summed E-state index contributed by atoms with van der Waals surface area (Å²) in [6.07, 6.45) is 1.52. The van der Waals surface area contributed by atoms with E-state index in [0.29, 0.717) is 39.1 Å². The first-order chi connectivity index (χ1) is 17.0. The van der Waals surface area contributed by atoms with Gasteiger partial charge in [-0.25, -0.2) is 9.67 Å². The Balaban J connectivity index is 1.48. The van der Waals surface area contributed by atoms with Crippen LogP contribution < -0.4 is 11.3 Å². The molecule has 0 radical (unpaired) electrons. The van der Waals surface area contributed by atoms with Crippen molar-refractivity contribution in [1.29, 1.82) is 0 Å². The maximum atomic E-state index is 13.6. The van der Waals surface area contributed by atoms with Crippen molar-refractivity contribution in [2.24, 2.45) is 0 Å². The summed E-state index contributed by atoms with van der Waals surface area (Å²) >= 11 is 0. The standard InChI is InChI=1S/C26H20N6O3/c1-15-23-24(32(29-15)19-10-11-22-21(12-19)25(27)30-35-22)26(34)31(14-28-23)18-8-6-16(7-9-18)20-5-3-2-4-17(20)13-33/h2-12,14,33H,13H2,1H3,(H2,27,30). The molecule has 0 saturated carbocycles. The van der Waals surface area contributed by atoms with E-state index in [1.54, 1.807) is 22.9 Å². The monoisotopic (exact) mass is 464 g/mol. The highest BCUT2D eigenvalue weighted by Crippen LogP contribution is 2.27. The number of hydrogen-bond donors (Lipinski definition) is 2. The highest BCUT2D eigenvalue weighted by molar-refractivity contribution is 5.89. The van der Waals surface area contributed by atoms with Crippen LogP contribution in [0.1, 0.15) is 11.3 Å². The number of anilines is 1. The number of nitrogens with two attached hydrogens (primary N) is 1. The Morgan fingerprint density at radius 2 is 1.80 bits per heavy atom. The van der Waals surface area contributed by atoms with Crippen LogP contribution in [-0.2, 0) is 6.61 Å². The van der Waals surface area contributed by atoms with Crippen LogP contribution in [0.4, 0.5) is 5.82 Å². The van der Waals surface area contributed by atoms with Crippen LogP contribution in [0.25, 0.3) is 44.5 Å². The maximum absolute atomic E-state index is 13.6. The van der Waals surface area contributed by atoms with Crippen molar-refractivity contribution in [2.75, 3.05) is 5.73 Å². The number of benzene rings is 3. The third-order valence-corrected chi connectivity index (χ3v) is 6.12. The molecule has 9 heteroatoms. The van der Waals surface area contributed by atoms with Crippen molar-refractivity contribution in [2.45, 2.75) is 13.5 Å². The quantitative estimate of drug-likeness (QED) is 0.407. The second kappa shape index (κ2) is 7.93. The molecule has 3 N–H and O–H groups in total. The predicted octanol–water partition coefficient (Wildman–Crippen LogP) is 3.76. The van der Waals surface area contributed by atoms with E-state index in [1.165, 1.54) is 10.9 Å². The minimum atomic E-state index is -0.252. The molecule has 3 aromatic heterocycles.